The number of nitrogens with one attached hydrogen (secondary N) is 2. The van der Waals surface area contributed by atoms with Gasteiger partial charge in [-0.1, -0.05) is 24.3 Å². The van der Waals surface area contributed by atoms with E-state index in [1.165, 1.54) is 29.2 Å². The Morgan fingerprint density at radius 1 is 1.11 bits per heavy atom. The largest absolute Gasteiger partial charge is 0.381 e. The number of morpholine rings is 1. The van der Waals surface area contributed by atoms with E-state index in [0.29, 0.717) is 0 Å². The zero-order valence-electron chi connectivity index (χ0n) is 31.4. The third-order valence-electron chi connectivity index (χ3n) is 6.12. The molecule has 2 saturated heterocycles. The fourth-order valence-corrected chi connectivity index (χ4v) is 4.92. The fourth-order valence-electron chi connectivity index (χ4n) is 4.92. The molecule has 1 unspecified atom stereocenters. The lowest BCUT2D eigenvalue weighted by Gasteiger charge is -2.47. The summed E-state index contributed by atoms with van der Waals surface area (Å²) in [5, 5.41) is 4.07. The molecule has 3 aliphatic rings. The molecule has 1 atom stereocenters. The molecule has 3 aliphatic heterocycles. The molecule has 0 radical (unpaired) electrons. The van der Waals surface area contributed by atoms with Gasteiger partial charge in [-0.3, -0.25) is 24.6 Å². The minimum atomic E-state index is -3.38. The number of benzene rings is 2. The predicted octanol–water partition coefficient (Wildman–Crippen LogP) is 3.59. The molecule has 2 aromatic rings. The number of hydrogen-bond donors (Lipinski definition) is 2. The van der Waals surface area contributed by atoms with Crippen LogP contribution in [-0.4, -0.2) is 57.9 Å². The first-order valence-electron chi connectivity index (χ1n) is 17.0. The highest BCUT2D eigenvalue weighted by molar-refractivity contribution is 6.06. The van der Waals surface area contributed by atoms with E-state index in [-0.39, 0.29) is 23.7 Å². The van der Waals surface area contributed by atoms with E-state index in [9.17, 15) is 14.4 Å². The van der Waals surface area contributed by atoms with Gasteiger partial charge in [0.1, 0.15) is 11.9 Å². The predicted molar refractivity (Wildman–Crippen MR) is 141 cm³/mol. The maximum absolute atomic E-state index is 16.3. The van der Waals surface area contributed by atoms with Crippen LogP contribution >= 0.6 is 0 Å². The van der Waals surface area contributed by atoms with Gasteiger partial charge in [0.05, 0.1) is 16.7 Å². The van der Waals surface area contributed by atoms with Gasteiger partial charge in [-0.15, -0.1) is 0 Å². The maximum atomic E-state index is 16.3. The SMILES string of the molecule is [2H]C([2H])(Nc1cccc2c1C([2H])([2H])N(C1C(=O)NC(=O)C([2H])([2H])C1([2H])[2H])C2=O)c1cccc(C([2H])([2H])N2CC(C)(C)OC(C)(C)C2)c1F. The van der Waals surface area contributed by atoms with Crippen LogP contribution < -0.4 is 10.6 Å². The number of hydrogen-bond acceptors (Lipinski definition) is 6. The zero-order valence-corrected chi connectivity index (χ0v) is 21.4. The molecule has 3 amide bonds. The molecule has 5 rings (SSSR count). The lowest BCUT2D eigenvalue weighted by Crippen LogP contribution is -2.56. The molecule has 0 aliphatic carbocycles. The van der Waals surface area contributed by atoms with Crippen molar-refractivity contribution in [2.45, 2.75) is 77.2 Å². The van der Waals surface area contributed by atoms with Crippen LogP contribution in [0.3, 0.4) is 0 Å². The normalized spacial score (nSPS) is 31.4. The van der Waals surface area contributed by atoms with E-state index >= 15 is 4.39 Å². The van der Waals surface area contributed by atoms with Crippen molar-refractivity contribution >= 4 is 23.4 Å². The Labute approximate surface area is 236 Å². The van der Waals surface area contributed by atoms with Crippen LogP contribution in [0.2, 0.25) is 0 Å². The number of amides is 3. The minimum Gasteiger partial charge on any atom is -0.381 e. The van der Waals surface area contributed by atoms with Crippen molar-refractivity contribution in [1.29, 1.82) is 0 Å². The second-order valence-electron chi connectivity index (χ2n) is 10.5. The highest BCUT2D eigenvalue weighted by atomic mass is 19.1. The standard InChI is InChI=1S/C29H35FN4O4/c1-28(2)16-33(17-29(3,4)38-28)14-19-8-5-7-18(25(19)30)13-31-22-10-6-9-20-21(22)15-34(27(20)37)23-11-12-24(35)32-26(23)36/h5-10,23,31H,11-17H2,1-4H3,(H,32,35,36)/i11D2,12D2,13D2,14D2,15D2. The number of piperidine rings is 1. The fraction of sp³-hybridized carbons (Fsp3) is 0.483. The number of carbonyl (C=O) groups is 3. The molecular weight excluding hydrogens is 487 g/mol. The van der Waals surface area contributed by atoms with Crippen LogP contribution in [0.4, 0.5) is 10.1 Å². The average Bonchev–Trinajstić information content (AvgIpc) is 3.11. The van der Waals surface area contributed by atoms with Crippen molar-refractivity contribution in [1.82, 2.24) is 15.1 Å². The van der Waals surface area contributed by atoms with Gasteiger partial charge < -0.3 is 15.0 Å². The van der Waals surface area contributed by atoms with Gasteiger partial charge in [0.25, 0.3) is 5.91 Å². The summed E-state index contributed by atoms with van der Waals surface area (Å²) in [6.07, 6.45) is -6.72. The Hall–Kier alpha value is -3.30. The minimum absolute atomic E-state index is 0.0979. The van der Waals surface area contributed by atoms with Crippen molar-refractivity contribution in [3.63, 3.8) is 0 Å². The first kappa shape index (κ1) is 16.6. The van der Waals surface area contributed by atoms with Crippen LogP contribution in [0.1, 0.15) is 81.2 Å². The molecular formula is C29H35FN4O4. The number of imide groups is 1. The van der Waals surface area contributed by atoms with Gasteiger partial charge in [-0.05, 0) is 46.2 Å². The number of halogens is 1. The Balaban J connectivity index is 1.53. The zero-order chi connectivity index (χ0) is 36.2. The second-order valence-corrected chi connectivity index (χ2v) is 10.5. The summed E-state index contributed by atoms with van der Waals surface area (Å²) in [6, 6.07) is 4.70. The number of carbonyl (C=O) groups excluding carboxylic acids is 3. The molecule has 9 heteroatoms. The quantitative estimate of drug-likeness (QED) is 0.553. The summed E-state index contributed by atoms with van der Waals surface area (Å²) >= 11 is 0. The van der Waals surface area contributed by atoms with Crippen molar-refractivity contribution < 1.29 is 37.2 Å². The maximum Gasteiger partial charge on any atom is 0.255 e. The lowest BCUT2D eigenvalue weighted by atomic mass is 9.98. The summed E-state index contributed by atoms with van der Waals surface area (Å²) in [7, 11) is 0. The number of fused-ring (bicyclic) bond motifs is 1. The summed E-state index contributed by atoms with van der Waals surface area (Å²) in [5.41, 5.74) is -3.98. The Kier molecular flexibility index (Phi) is 4.28. The van der Waals surface area contributed by atoms with Crippen LogP contribution in [0, 0.1) is 5.82 Å². The third-order valence-corrected chi connectivity index (χ3v) is 6.12. The molecule has 8 nitrogen and oxygen atoms in total. The number of ether oxygens (including phenoxy) is 1. The van der Waals surface area contributed by atoms with E-state index in [2.05, 4.69) is 5.32 Å². The number of rotatable bonds is 6. The number of anilines is 1. The Morgan fingerprint density at radius 2 is 1.79 bits per heavy atom. The van der Waals surface area contributed by atoms with Crippen molar-refractivity contribution in [2.75, 3.05) is 18.4 Å². The smallest absolute Gasteiger partial charge is 0.255 e. The van der Waals surface area contributed by atoms with Gasteiger partial charge in [0.15, 0.2) is 0 Å². The van der Waals surface area contributed by atoms with Crippen LogP contribution in [0.25, 0.3) is 0 Å². The molecule has 0 bridgehead atoms. The first-order chi connectivity index (χ1) is 21.7. The van der Waals surface area contributed by atoms with Crippen LogP contribution in [0.5, 0.6) is 0 Å². The number of nitrogens with zero attached hydrogens (tertiary/aromatic N) is 2. The monoisotopic (exact) mass is 532 g/mol. The van der Waals surface area contributed by atoms with E-state index in [4.69, 9.17) is 18.4 Å². The van der Waals surface area contributed by atoms with Crippen molar-refractivity contribution in [3.05, 3.63) is 64.5 Å². The van der Waals surface area contributed by atoms with Gasteiger partial charge in [0, 0.05) is 75.1 Å². The first-order valence-corrected chi connectivity index (χ1v) is 12.0. The van der Waals surface area contributed by atoms with E-state index in [0.717, 1.165) is 12.1 Å². The Bertz CT molecular complexity index is 1700. The molecule has 38 heavy (non-hydrogen) atoms. The summed E-state index contributed by atoms with van der Waals surface area (Å²) < 4.78 is 108. The van der Waals surface area contributed by atoms with Crippen molar-refractivity contribution in [2.24, 2.45) is 0 Å². The topological polar surface area (TPSA) is 91.0 Å². The molecule has 0 spiro atoms. The van der Waals surface area contributed by atoms with E-state index < -0.39 is 95.3 Å². The van der Waals surface area contributed by atoms with Crippen molar-refractivity contribution in [3.8, 4) is 0 Å². The van der Waals surface area contributed by atoms with Crippen LogP contribution in [0.15, 0.2) is 36.4 Å². The van der Waals surface area contributed by atoms with Gasteiger partial charge in [0.2, 0.25) is 11.8 Å². The van der Waals surface area contributed by atoms with Gasteiger partial charge in [-0.25, -0.2) is 4.39 Å². The van der Waals surface area contributed by atoms with E-state index in [1.54, 1.807) is 33.0 Å². The Morgan fingerprint density at radius 3 is 2.53 bits per heavy atom. The lowest BCUT2D eigenvalue weighted by molar-refractivity contribution is -0.182. The van der Waals surface area contributed by atoms with Gasteiger partial charge >= 0.3 is 0 Å². The average molecular weight is 533 g/mol. The summed E-state index contributed by atoms with van der Waals surface area (Å²) in [5.74, 6) is -5.49. The molecule has 2 aromatic carbocycles. The second kappa shape index (κ2) is 9.78. The van der Waals surface area contributed by atoms with Crippen LogP contribution in [-0.2, 0) is 33.8 Å². The third kappa shape index (κ3) is 5.31. The molecule has 3 heterocycles. The molecule has 2 N–H and O–H groups in total. The van der Waals surface area contributed by atoms with Gasteiger partial charge in [-0.2, -0.15) is 0 Å². The molecule has 202 valence electrons. The summed E-state index contributed by atoms with van der Waals surface area (Å²) in [4.78, 5) is 40.1. The highest BCUT2D eigenvalue weighted by Gasteiger charge is 2.40. The summed E-state index contributed by atoms with van der Waals surface area (Å²) in [6.45, 7) is -1.04. The molecule has 2 fully saturated rings. The van der Waals surface area contributed by atoms with E-state index in [1.807, 2.05) is 0 Å². The molecule has 0 aromatic heterocycles. The highest BCUT2D eigenvalue weighted by Crippen LogP contribution is 2.33. The molecule has 0 saturated carbocycles.